The summed E-state index contributed by atoms with van der Waals surface area (Å²) in [4.78, 5) is 32.4. The van der Waals surface area contributed by atoms with Crippen LogP contribution in [-0.4, -0.2) is 15.8 Å². The summed E-state index contributed by atoms with van der Waals surface area (Å²) in [5.74, 6) is -0.886. The molecule has 8 nitrogen and oxygen atoms in total. The van der Waals surface area contributed by atoms with Gasteiger partial charge >= 0.3 is 0 Å². The second kappa shape index (κ2) is 7.40. The number of anilines is 1. The van der Waals surface area contributed by atoms with Crippen LogP contribution >= 0.6 is 46.4 Å². The molecule has 0 aliphatic carbocycles. The molecular weight excluding hydrogens is 420 g/mol. The molecule has 0 saturated carbocycles. The molecule has 12 heteroatoms. The zero-order valence-electron chi connectivity index (χ0n) is 11.8. The molecule has 0 atom stereocenters. The predicted molar refractivity (Wildman–Crippen MR) is 94.2 cm³/mol. The molecule has 0 aliphatic heterocycles. The third kappa shape index (κ3) is 4.10. The standard InChI is InChI=1S/C13H5Cl4N3O5/c14-6-3-8(16)9(4-7(6)15)18-13(21)5-1-10(19(22)23)12(17)11(2-5)20(24)25/h1-4H,(H,18,21). The van der Waals surface area contributed by atoms with Gasteiger partial charge in [-0.05, 0) is 12.1 Å². The Morgan fingerprint density at radius 1 is 0.840 bits per heavy atom. The third-order valence-corrected chi connectivity index (χ3v) is 4.37. The summed E-state index contributed by atoms with van der Waals surface area (Å²) in [7, 11) is 0. The molecule has 0 bridgehead atoms. The number of nitro groups is 2. The van der Waals surface area contributed by atoms with Crippen LogP contribution in [0.4, 0.5) is 17.1 Å². The fourth-order valence-electron chi connectivity index (χ4n) is 1.80. The first kappa shape index (κ1) is 19.2. The summed E-state index contributed by atoms with van der Waals surface area (Å²) in [5, 5.41) is 23.9. The Bertz CT molecular complexity index is 884. The number of nitrogens with one attached hydrogen (secondary N) is 1. The lowest BCUT2D eigenvalue weighted by Gasteiger charge is -2.09. The van der Waals surface area contributed by atoms with Gasteiger partial charge in [0.05, 0.1) is 36.2 Å². The van der Waals surface area contributed by atoms with Gasteiger partial charge in [-0.25, -0.2) is 0 Å². The number of nitro benzene ring substituents is 2. The largest absolute Gasteiger partial charge is 0.321 e. The van der Waals surface area contributed by atoms with Gasteiger partial charge < -0.3 is 5.32 Å². The molecule has 0 unspecified atom stereocenters. The van der Waals surface area contributed by atoms with Gasteiger partial charge in [0.2, 0.25) is 0 Å². The number of amides is 1. The summed E-state index contributed by atoms with van der Waals surface area (Å²) in [6.45, 7) is 0. The summed E-state index contributed by atoms with van der Waals surface area (Å²) >= 11 is 23.2. The number of rotatable bonds is 4. The summed E-state index contributed by atoms with van der Waals surface area (Å²) in [6.07, 6.45) is 0. The van der Waals surface area contributed by atoms with E-state index in [4.69, 9.17) is 46.4 Å². The average Bonchev–Trinajstić information content (AvgIpc) is 2.52. The normalized spacial score (nSPS) is 10.4. The van der Waals surface area contributed by atoms with Crippen molar-refractivity contribution in [2.24, 2.45) is 0 Å². The maximum atomic E-state index is 12.3. The maximum Gasteiger partial charge on any atom is 0.295 e. The number of hydrogen-bond donors (Lipinski definition) is 1. The zero-order valence-corrected chi connectivity index (χ0v) is 14.8. The van der Waals surface area contributed by atoms with Gasteiger partial charge in [-0.15, -0.1) is 0 Å². The second-order valence-corrected chi connectivity index (χ2v) is 6.14. The van der Waals surface area contributed by atoms with E-state index in [9.17, 15) is 25.0 Å². The van der Waals surface area contributed by atoms with Crippen molar-refractivity contribution in [2.45, 2.75) is 0 Å². The molecule has 0 spiro atoms. The van der Waals surface area contributed by atoms with Crippen LogP contribution < -0.4 is 5.32 Å². The zero-order chi connectivity index (χ0) is 18.9. The molecule has 2 rings (SSSR count). The highest BCUT2D eigenvalue weighted by molar-refractivity contribution is 6.44. The first-order valence-corrected chi connectivity index (χ1v) is 7.71. The Balaban J connectivity index is 2.48. The first-order valence-electron chi connectivity index (χ1n) is 6.20. The van der Waals surface area contributed by atoms with Gasteiger partial charge in [0.15, 0.2) is 5.02 Å². The predicted octanol–water partition coefficient (Wildman–Crippen LogP) is 5.37. The third-order valence-electron chi connectivity index (χ3n) is 2.95. The van der Waals surface area contributed by atoms with E-state index in [1.807, 2.05) is 0 Å². The molecule has 1 N–H and O–H groups in total. The van der Waals surface area contributed by atoms with Gasteiger partial charge in [0.1, 0.15) is 0 Å². The Kier molecular flexibility index (Phi) is 5.69. The van der Waals surface area contributed by atoms with Crippen LogP contribution in [0.1, 0.15) is 10.4 Å². The van der Waals surface area contributed by atoms with E-state index in [-0.39, 0.29) is 26.3 Å². The van der Waals surface area contributed by atoms with Gasteiger partial charge in [-0.1, -0.05) is 46.4 Å². The topological polar surface area (TPSA) is 115 Å². The maximum absolute atomic E-state index is 12.3. The molecule has 25 heavy (non-hydrogen) atoms. The lowest BCUT2D eigenvalue weighted by atomic mass is 10.1. The molecule has 2 aromatic carbocycles. The van der Waals surface area contributed by atoms with Gasteiger partial charge in [0, 0.05) is 12.1 Å². The summed E-state index contributed by atoms with van der Waals surface area (Å²) < 4.78 is 0. The van der Waals surface area contributed by atoms with Crippen LogP contribution in [0.3, 0.4) is 0 Å². The van der Waals surface area contributed by atoms with Gasteiger partial charge in [-0.2, -0.15) is 0 Å². The highest BCUT2D eigenvalue weighted by atomic mass is 35.5. The van der Waals surface area contributed by atoms with Crippen LogP contribution in [-0.2, 0) is 0 Å². The number of benzene rings is 2. The van der Waals surface area contributed by atoms with Gasteiger partial charge in [0.25, 0.3) is 17.3 Å². The summed E-state index contributed by atoms with van der Waals surface area (Å²) in [5.41, 5.74) is -1.84. The molecule has 0 radical (unpaired) electrons. The van der Waals surface area contributed by atoms with E-state index in [0.717, 1.165) is 12.1 Å². The summed E-state index contributed by atoms with van der Waals surface area (Å²) in [6, 6.07) is 4.18. The number of halogens is 4. The van der Waals surface area contributed by atoms with Crippen molar-refractivity contribution in [2.75, 3.05) is 5.32 Å². The van der Waals surface area contributed by atoms with E-state index in [1.165, 1.54) is 12.1 Å². The Morgan fingerprint density at radius 3 is 1.80 bits per heavy atom. The Hall–Kier alpha value is -2.13. The minimum atomic E-state index is -0.932. The lowest BCUT2D eigenvalue weighted by molar-refractivity contribution is -0.393. The first-order chi connectivity index (χ1) is 11.6. The number of hydrogen-bond acceptors (Lipinski definition) is 5. The van der Waals surface area contributed by atoms with E-state index in [1.54, 1.807) is 0 Å². The van der Waals surface area contributed by atoms with Crippen molar-refractivity contribution in [1.82, 2.24) is 0 Å². The van der Waals surface area contributed by atoms with Crippen molar-refractivity contribution in [3.8, 4) is 0 Å². The molecule has 0 heterocycles. The number of carbonyl (C=O) groups is 1. The second-order valence-electron chi connectivity index (χ2n) is 4.54. The van der Waals surface area contributed by atoms with Crippen molar-refractivity contribution in [3.05, 3.63) is 70.1 Å². The van der Waals surface area contributed by atoms with Gasteiger partial charge in [-0.3, -0.25) is 25.0 Å². The van der Waals surface area contributed by atoms with Crippen molar-refractivity contribution in [1.29, 1.82) is 0 Å². The fourth-order valence-corrected chi connectivity index (χ4v) is 2.65. The van der Waals surface area contributed by atoms with Crippen molar-refractivity contribution < 1.29 is 14.6 Å². The van der Waals surface area contributed by atoms with E-state index in [0.29, 0.717) is 0 Å². The minimum absolute atomic E-state index is 0.0562. The van der Waals surface area contributed by atoms with E-state index in [2.05, 4.69) is 5.32 Å². The minimum Gasteiger partial charge on any atom is -0.321 e. The van der Waals surface area contributed by atoms with E-state index < -0.39 is 32.2 Å². The molecule has 2 aromatic rings. The highest BCUT2D eigenvalue weighted by Crippen LogP contribution is 2.36. The molecular formula is C13H5Cl4N3O5. The Labute approximate surface area is 159 Å². The smallest absolute Gasteiger partial charge is 0.295 e. The highest BCUT2D eigenvalue weighted by Gasteiger charge is 2.27. The number of carbonyl (C=O) groups excluding carboxylic acids is 1. The average molecular weight is 425 g/mol. The quantitative estimate of drug-likeness (QED) is 0.402. The van der Waals surface area contributed by atoms with Crippen LogP contribution in [0.2, 0.25) is 20.1 Å². The fraction of sp³-hybridized carbons (Fsp3) is 0. The van der Waals surface area contributed by atoms with Crippen molar-refractivity contribution in [3.63, 3.8) is 0 Å². The lowest BCUT2D eigenvalue weighted by Crippen LogP contribution is -2.13. The molecule has 0 aromatic heterocycles. The van der Waals surface area contributed by atoms with Crippen LogP contribution in [0, 0.1) is 20.2 Å². The molecule has 0 aliphatic rings. The van der Waals surface area contributed by atoms with Crippen LogP contribution in [0.5, 0.6) is 0 Å². The SMILES string of the molecule is O=C(Nc1cc(Cl)c(Cl)cc1Cl)c1cc([N+](=O)[O-])c(Cl)c([N+](=O)[O-])c1. The molecule has 1 amide bonds. The number of nitrogens with zero attached hydrogens (tertiary/aromatic N) is 2. The van der Waals surface area contributed by atoms with Crippen molar-refractivity contribution >= 4 is 69.4 Å². The molecule has 0 saturated heterocycles. The van der Waals surface area contributed by atoms with Crippen LogP contribution in [0.25, 0.3) is 0 Å². The monoisotopic (exact) mass is 423 g/mol. The van der Waals surface area contributed by atoms with E-state index >= 15 is 0 Å². The molecule has 0 fully saturated rings. The molecule has 130 valence electrons. The van der Waals surface area contributed by atoms with Crippen LogP contribution in [0.15, 0.2) is 24.3 Å². The Morgan fingerprint density at radius 2 is 1.32 bits per heavy atom.